The van der Waals surface area contributed by atoms with Crippen LogP contribution in [0.2, 0.25) is 0 Å². The molecule has 0 spiro atoms. The molecule has 0 saturated carbocycles. The van der Waals surface area contributed by atoms with Crippen molar-refractivity contribution in [1.82, 2.24) is 19.3 Å². The molecule has 0 radical (unpaired) electrons. The summed E-state index contributed by atoms with van der Waals surface area (Å²) in [4.78, 5) is 1.23. The molecule has 0 aliphatic heterocycles. The molecule has 0 saturated heterocycles. The Morgan fingerprint density at radius 3 is 2.50 bits per heavy atom. The second-order valence-electron chi connectivity index (χ2n) is 3.47. The van der Waals surface area contributed by atoms with Gasteiger partial charge in [0.2, 0.25) is 5.03 Å². The smallest absolute Gasteiger partial charge is 0.205 e. The normalized spacial score (nSPS) is 12.3. The SMILES string of the molecule is CCCCN(C)S(=O)(=O)c1nn(C)nc1Br. The molecule has 0 amide bonds. The van der Waals surface area contributed by atoms with Crippen molar-refractivity contribution in [2.45, 2.75) is 24.8 Å². The van der Waals surface area contributed by atoms with E-state index in [4.69, 9.17) is 0 Å². The van der Waals surface area contributed by atoms with Gasteiger partial charge in [-0.1, -0.05) is 13.3 Å². The molecule has 0 N–H and O–H groups in total. The molecule has 0 fully saturated rings. The fourth-order valence-electron chi connectivity index (χ4n) is 1.17. The van der Waals surface area contributed by atoms with Gasteiger partial charge in [0, 0.05) is 20.6 Å². The van der Waals surface area contributed by atoms with E-state index in [2.05, 4.69) is 26.1 Å². The van der Waals surface area contributed by atoms with Crippen molar-refractivity contribution in [3.8, 4) is 0 Å². The number of hydrogen-bond acceptors (Lipinski definition) is 4. The van der Waals surface area contributed by atoms with E-state index >= 15 is 0 Å². The van der Waals surface area contributed by atoms with E-state index in [9.17, 15) is 8.42 Å². The number of sulfonamides is 1. The highest BCUT2D eigenvalue weighted by molar-refractivity contribution is 9.10. The molecular weight excluding hydrogens is 296 g/mol. The molecule has 16 heavy (non-hydrogen) atoms. The molecule has 0 bridgehead atoms. The van der Waals surface area contributed by atoms with Crippen LogP contribution in [0.25, 0.3) is 0 Å². The van der Waals surface area contributed by atoms with Gasteiger partial charge in [0.15, 0.2) is 4.60 Å². The van der Waals surface area contributed by atoms with E-state index in [-0.39, 0.29) is 9.63 Å². The zero-order valence-corrected chi connectivity index (χ0v) is 11.9. The summed E-state index contributed by atoms with van der Waals surface area (Å²) in [5, 5.41) is 7.66. The summed E-state index contributed by atoms with van der Waals surface area (Å²) in [7, 11) is -0.402. The lowest BCUT2D eigenvalue weighted by atomic mass is 10.3. The number of nitrogens with zero attached hydrogens (tertiary/aromatic N) is 4. The molecule has 1 rings (SSSR count). The summed E-state index contributed by atoms with van der Waals surface area (Å²) in [5.41, 5.74) is 0. The molecule has 1 heterocycles. The molecular formula is C8H15BrN4O2S. The maximum absolute atomic E-state index is 12.1. The van der Waals surface area contributed by atoms with E-state index in [0.717, 1.165) is 12.8 Å². The van der Waals surface area contributed by atoms with Crippen molar-refractivity contribution in [3.63, 3.8) is 0 Å². The predicted molar refractivity (Wildman–Crippen MR) is 63.4 cm³/mol. The molecule has 0 aromatic carbocycles. The van der Waals surface area contributed by atoms with Crippen LogP contribution in [-0.4, -0.2) is 41.3 Å². The van der Waals surface area contributed by atoms with E-state index < -0.39 is 10.0 Å². The minimum Gasteiger partial charge on any atom is -0.205 e. The van der Waals surface area contributed by atoms with Crippen molar-refractivity contribution in [2.24, 2.45) is 7.05 Å². The second kappa shape index (κ2) is 5.24. The number of aromatic nitrogens is 3. The van der Waals surface area contributed by atoms with Crippen LogP contribution in [0.1, 0.15) is 19.8 Å². The lowest BCUT2D eigenvalue weighted by Crippen LogP contribution is -2.28. The molecule has 0 atom stereocenters. The van der Waals surface area contributed by atoms with E-state index in [0.29, 0.717) is 6.54 Å². The predicted octanol–water partition coefficient (Wildman–Crippen LogP) is 0.998. The summed E-state index contributed by atoms with van der Waals surface area (Å²) < 4.78 is 25.6. The summed E-state index contributed by atoms with van der Waals surface area (Å²) in [6, 6.07) is 0. The Morgan fingerprint density at radius 2 is 2.06 bits per heavy atom. The second-order valence-corrected chi connectivity index (χ2v) is 6.18. The zero-order chi connectivity index (χ0) is 12.3. The molecule has 0 aliphatic rings. The first-order valence-electron chi connectivity index (χ1n) is 4.92. The molecule has 6 nitrogen and oxygen atoms in total. The van der Waals surface area contributed by atoms with Gasteiger partial charge < -0.3 is 0 Å². The van der Waals surface area contributed by atoms with Crippen LogP contribution in [0.15, 0.2) is 9.63 Å². The van der Waals surface area contributed by atoms with Crippen LogP contribution in [0.3, 0.4) is 0 Å². The van der Waals surface area contributed by atoms with Gasteiger partial charge in [0.05, 0.1) is 0 Å². The Labute approximate surface area is 104 Å². The molecule has 0 aliphatic carbocycles. The van der Waals surface area contributed by atoms with Gasteiger partial charge in [-0.3, -0.25) is 0 Å². The standard InChI is InChI=1S/C8H15BrN4O2S/c1-4-5-6-12(2)16(14,15)8-7(9)10-13(3)11-8/h4-6H2,1-3H3. The van der Waals surface area contributed by atoms with Crippen molar-refractivity contribution < 1.29 is 8.42 Å². The first-order chi connectivity index (χ1) is 7.39. The largest absolute Gasteiger partial charge is 0.264 e. The van der Waals surface area contributed by atoms with Gasteiger partial charge in [0.25, 0.3) is 10.0 Å². The Balaban J connectivity index is 2.97. The van der Waals surface area contributed by atoms with Gasteiger partial charge >= 0.3 is 0 Å². The number of unbranched alkanes of at least 4 members (excludes halogenated alkanes) is 1. The average molecular weight is 311 g/mol. The Kier molecular flexibility index (Phi) is 4.45. The topological polar surface area (TPSA) is 68.1 Å². The van der Waals surface area contributed by atoms with Crippen molar-refractivity contribution in [3.05, 3.63) is 4.60 Å². The minimum absolute atomic E-state index is 0.0337. The fraction of sp³-hybridized carbons (Fsp3) is 0.750. The quantitative estimate of drug-likeness (QED) is 0.813. The summed E-state index contributed by atoms with van der Waals surface area (Å²) in [6.45, 7) is 2.50. The lowest BCUT2D eigenvalue weighted by molar-refractivity contribution is 0.455. The van der Waals surface area contributed by atoms with E-state index in [1.807, 2.05) is 6.92 Å². The molecule has 1 aromatic heterocycles. The van der Waals surface area contributed by atoms with Crippen molar-refractivity contribution >= 4 is 26.0 Å². The van der Waals surface area contributed by atoms with Gasteiger partial charge in [0.1, 0.15) is 0 Å². The van der Waals surface area contributed by atoms with Gasteiger partial charge in [-0.25, -0.2) is 8.42 Å². The number of rotatable bonds is 5. The maximum atomic E-state index is 12.1. The zero-order valence-electron chi connectivity index (χ0n) is 9.51. The van der Waals surface area contributed by atoms with Gasteiger partial charge in [-0.05, 0) is 22.4 Å². The number of hydrogen-bond donors (Lipinski definition) is 0. The van der Waals surface area contributed by atoms with Crippen LogP contribution in [0.4, 0.5) is 0 Å². The Morgan fingerprint density at radius 1 is 1.44 bits per heavy atom. The number of halogens is 1. The molecule has 92 valence electrons. The van der Waals surface area contributed by atoms with Crippen LogP contribution >= 0.6 is 15.9 Å². The van der Waals surface area contributed by atoms with Crippen molar-refractivity contribution in [2.75, 3.05) is 13.6 Å². The van der Waals surface area contributed by atoms with Gasteiger partial charge in [-0.15, -0.1) is 10.2 Å². The van der Waals surface area contributed by atoms with Gasteiger partial charge in [-0.2, -0.15) is 9.10 Å². The Hall–Kier alpha value is -0.470. The third-order valence-electron chi connectivity index (χ3n) is 2.13. The first kappa shape index (κ1) is 13.6. The third-order valence-corrected chi connectivity index (χ3v) is 4.69. The monoisotopic (exact) mass is 310 g/mol. The summed E-state index contributed by atoms with van der Waals surface area (Å²) in [6.07, 6.45) is 1.77. The van der Waals surface area contributed by atoms with E-state index in [1.165, 1.54) is 9.10 Å². The Bertz CT molecular complexity index is 457. The summed E-state index contributed by atoms with van der Waals surface area (Å²) >= 11 is 3.09. The highest BCUT2D eigenvalue weighted by atomic mass is 79.9. The van der Waals surface area contributed by atoms with Crippen LogP contribution in [0, 0.1) is 0 Å². The first-order valence-corrected chi connectivity index (χ1v) is 7.16. The number of aryl methyl sites for hydroxylation is 1. The van der Waals surface area contributed by atoms with Crippen LogP contribution in [0.5, 0.6) is 0 Å². The van der Waals surface area contributed by atoms with Crippen LogP contribution in [-0.2, 0) is 17.1 Å². The fourth-order valence-corrected chi connectivity index (χ4v) is 3.23. The maximum Gasteiger partial charge on any atom is 0.264 e. The summed E-state index contributed by atoms with van der Waals surface area (Å²) in [5.74, 6) is 0. The minimum atomic E-state index is -3.53. The molecule has 0 unspecified atom stereocenters. The van der Waals surface area contributed by atoms with Crippen molar-refractivity contribution in [1.29, 1.82) is 0 Å². The van der Waals surface area contributed by atoms with Crippen LogP contribution < -0.4 is 0 Å². The van der Waals surface area contributed by atoms with E-state index in [1.54, 1.807) is 14.1 Å². The lowest BCUT2D eigenvalue weighted by Gasteiger charge is -2.14. The highest BCUT2D eigenvalue weighted by Crippen LogP contribution is 2.20. The average Bonchev–Trinajstić information content (AvgIpc) is 2.54. The molecule has 1 aromatic rings. The molecule has 8 heteroatoms. The third kappa shape index (κ3) is 2.80. The highest BCUT2D eigenvalue weighted by Gasteiger charge is 2.27.